The molecule has 0 atom stereocenters. The summed E-state index contributed by atoms with van der Waals surface area (Å²) in [6.45, 7) is 7.25. The fourth-order valence-electron chi connectivity index (χ4n) is 3.36. The quantitative estimate of drug-likeness (QED) is 0.659. The normalized spacial score (nSPS) is 11.7. The minimum absolute atomic E-state index is 0.0805. The van der Waals surface area contributed by atoms with Crippen molar-refractivity contribution in [2.75, 3.05) is 0 Å². The molecule has 0 saturated heterocycles. The Hall–Kier alpha value is -2.70. The van der Waals surface area contributed by atoms with Crippen LogP contribution in [0.1, 0.15) is 43.5 Å². The molecule has 144 valence electrons. The van der Waals surface area contributed by atoms with Crippen LogP contribution in [0.5, 0.6) is 5.75 Å². The molecule has 0 aliphatic carbocycles. The van der Waals surface area contributed by atoms with Gasteiger partial charge in [0.05, 0.1) is 0 Å². The maximum absolute atomic E-state index is 13.2. The highest BCUT2D eigenvalue weighted by Gasteiger charge is 2.20. The number of halogens is 2. The van der Waals surface area contributed by atoms with Gasteiger partial charge in [-0.25, -0.2) is 4.52 Å². The van der Waals surface area contributed by atoms with Crippen LogP contribution in [0.25, 0.3) is 16.9 Å². The summed E-state index contributed by atoms with van der Waals surface area (Å²) in [5.41, 5.74) is 3.74. The zero-order valence-corrected chi connectivity index (χ0v) is 16.1. The molecule has 0 aliphatic rings. The Labute approximate surface area is 156 Å². The number of hydrogen-bond donors (Lipinski definition) is 0. The predicted molar refractivity (Wildman–Crippen MR) is 101 cm³/mol. The molecule has 0 spiro atoms. The number of aryl methyl sites for hydroxylation is 2. The first-order valence-electron chi connectivity index (χ1n) is 8.93. The van der Waals surface area contributed by atoms with Crippen LogP contribution in [0.3, 0.4) is 0 Å². The van der Waals surface area contributed by atoms with Crippen molar-refractivity contribution in [2.24, 2.45) is 0 Å². The summed E-state index contributed by atoms with van der Waals surface area (Å²) < 4.78 is 32.7. The van der Waals surface area contributed by atoms with Gasteiger partial charge in [0.1, 0.15) is 11.3 Å². The Morgan fingerprint density at radius 2 is 1.89 bits per heavy atom. The minimum atomic E-state index is -2.88. The van der Waals surface area contributed by atoms with E-state index in [-0.39, 0.29) is 17.2 Å². The molecule has 27 heavy (non-hydrogen) atoms. The van der Waals surface area contributed by atoms with Gasteiger partial charge in [-0.05, 0) is 62.1 Å². The van der Waals surface area contributed by atoms with Crippen LogP contribution in [0.15, 0.2) is 29.1 Å². The van der Waals surface area contributed by atoms with E-state index >= 15 is 0 Å². The van der Waals surface area contributed by atoms with Crippen LogP contribution >= 0.6 is 0 Å². The number of rotatable bonds is 5. The number of hydrogen-bond acceptors (Lipinski definition) is 3. The summed E-state index contributed by atoms with van der Waals surface area (Å²) in [6.07, 6.45) is 0. The van der Waals surface area contributed by atoms with Gasteiger partial charge in [-0.2, -0.15) is 8.78 Å². The number of ether oxygens (including phenoxy) is 1. The summed E-state index contributed by atoms with van der Waals surface area (Å²) >= 11 is 0. The van der Waals surface area contributed by atoms with Gasteiger partial charge in [0.2, 0.25) is 0 Å². The number of alkyl halides is 2. The highest BCUT2D eigenvalue weighted by molar-refractivity contribution is 5.64. The number of nitrogens with zero attached hydrogens (tertiary/aromatic N) is 3. The largest absolute Gasteiger partial charge is 0.435 e. The van der Waals surface area contributed by atoms with Crippen molar-refractivity contribution in [1.29, 1.82) is 0 Å². The van der Waals surface area contributed by atoms with Crippen molar-refractivity contribution in [2.45, 2.75) is 53.7 Å². The molecule has 7 heteroatoms. The van der Waals surface area contributed by atoms with E-state index in [0.29, 0.717) is 29.0 Å². The zero-order valence-electron chi connectivity index (χ0n) is 16.1. The first-order valence-corrected chi connectivity index (χ1v) is 8.93. The van der Waals surface area contributed by atoms with Crippen LogP contribution in [-0.2, 0) is 6.54 Å². The lowest BCUT2D eigenvalue weighted by Crippen LogP contribution is -2.26. The van der Waals surface area contributed by atoms with E-state index in [2.05, 4.69) is 4.74 Å². The Morgan fingerprint density at radius 1 is 1.19 bits per heavy atom. The van der Waals surface area contributed by atoms with Crippen molar-refractivity contribution in [3.63, 3.8) is 0 Å². The van der Waals surface area contributed by atoms with Crippen LogP contribution in [0.4, 0.5) is 8.78 Å². The van der Waals surface area contributed by atoms with Gasteiger partial charge in [0.25, 0.3) is 5.56 Å². The zero-order chi connectivity index (χ0) is 19.9. The number of aromatic nitrogens is 3. The van der Waals surface area contributed by atoms with E-state index in [0.717, 1.165) is 11.3 Å². The highest BCUT2D eigenvalue weighted by atomic mass is 19.3. The third-order valence-electron chi connectivity index (χ3n) is 4.68. The molecule has 0 amide bonds. The maximum atomic E-state index is 13.2. The van der Waals surface area contributed by atoms with Crippen molar-refractivity contribution in [3.05, 3.63) is 51.4 Å². The van der Waals surface area contributed by atoms with Gasteiger partial charge in [0.15, 0.2) is 5.82 Å². The van der Waals surface area contributed by atoms with Crippen molar-refractivity contribution in [3.8, 4) is 17.1 Å². The summed E-state index contributed by atoms with van der Waals surface area (Å²) in [5.74, 6) is 0.786. The second kappa shape index (κ2) is 7.13. The Balaban J connectivity index is 2.26. The van der Waals surface area contributed by atoms with Crippen LogP contribution in [-0.4, -0.2) is 20.8 Å². The van der Waals surface area contributed by atoms with E-state index in [4.69, 9.17) is 5.10 Å². The summed E-state index contributed by atoms with van der Waals surface area (Å²) in [4.78, 5) is 13.2. The molecule has 0 unspecified atom stereocenters. The number of fused-ring (bicyclic) bond motifs is 1. The second-order valence-electron chi connectivity index (χ2n) is 6.88. The molecule has 3 aromatic rings. The van der Waals surface area contributed by atoms with E-state index in [1.165, 1.54) is 12.1 Å². The third-order valence-corrected chi connectivity index (χ3v) is 4.68. The van der Waals surface area contributed by atoms with Gasteiger partial charge < -0.3 is 4.74 Å². The van der Waals surface area contributed by atoms with Gasteiger partial charge in [-0.3, -0.25) is 9.36 Å². The van der Waals surface area contributed by atoms with E-state index < -0.39 is 6.61 Å². The predicted octanol–water partition coefficient (Wildman–Crippen LogP) is 4.52. The maximum Gasteiger partial charge on any atom is 0.387 e. The smallest absolute Gasteiger partial charge is 0.387 e. The molecule has 0 fully saturated rings. The summed E-state index contributed by atoms with van der Waals surface area (Å²) in [6, 6.07) is 6.65. The van der Waals surface area contributed by atoms with Gasteiger partial charge in [-0.15, -0.1) is 5.10 Å². The fraction of sp³-hybridized carbons (Fsp3) is 0.400. The Morgan fingerprint density at radius 3 is 2.44 bits per heavy atom. The average Bonchev–Trinajstić information content (AvgIpc) is 2.92. The first-order chi connectivity index (χ1) is 12.7. The van der Waals surface area contributed by atoms with Crippen molar-refractivity contribution >= 4 is 5.52 Å². The van der Waals surface area contributed by atoms with E-state index in [1.807, 2.05) is 33.8 Å². The first kappa shape index (κ1) is 19.1. The van der Waals surface area contributed by atoms with Gasteiger partial charge >= 0.3 is 6.61 Å². The molecule has 5 nitrogen and oxygen atoms in total. The highest BCUT2D eigenvalue weighted by Crippen LogP contribution is 2.28. The number of benzene rings is 1. The van der Waals surface area contributed by atoms with Gasteiger partial charge in [-0.1, -0.05) is 13.8 Å². The molecule has 2 aromatic heterocycles. The molecule has 3 rings (SSSR count). The summed E-state index contributed by atoms with van der Waals surface area (Å²) in [5, 5.41) is 4.72. The lowest BCUT2D eigenvalue weighted by atomic mass is 10.1. The molecule has 0 aliphatic heterocycles. The van der Waals surface area contributed by atoms with Crippen LogP contribution in [0.2, 0.25) is 0 Å². The molecule has 0 bridgehead atoms. The summed E-state index contributed by atoms with van der Waals surface area (Å²) in [7, 11) is 0. The van der Waals surface area contributed by atoms with Crippen molar-refractivity contribution in [1.82, 2.24) is 14.2 Å². The molecule has 1 aromatic carbocycles. The lowest BCUT2D eigenvalue weighted by Gasteiger charge is -2.15. The average molecular weight is 375 g/mol. The fourth-order valence-corrected chi connectivity index (χ4v) is 3.36. The molecule has 0 saturated carbocycles. The lowest BCUT2D eigenvalue weighted by molar-refractivity contribution is -0.0498. The minimum Gasteiger partial charge on any atom is -0.435 e. The SMILES string of the molecule is CCn1c(-c2ccc(OC(F)F)cc2C)nn2c(C)cc(C(C)C)c2c1=O. The molecule has 2 heterocycles. The molecule has 0 N–H and O–H groups in total. The van der Waals surface area contributed by atoms with E-state index in [9.17, 15) is 13.6 Å². The standard InChI is InChI=1S/C20H23F2N3O2/c1-6-24-18(15-8-7-14(9-12(15)4)27-20(21)22)23-25-13(5)10-16(11(2)3)17(25)19(24)26/h7-11,20H,6H2,1-5H3. The monoisotopic (exact) mass is 375 g/mol. The molecule has 0 radical (unpaired) electrons. The molecular formula is C20H23F2N3O2. The van der Waals surface area contributed by atoms with Crippen molar-refractivity contribution < 1.29 is 13.5 Å². The third kappa shape index (κ3) is 3.34. The van der Waals surface area contributed by atoms with Gasteiger partial charge in [0, 0.05) is 17.8 Å². The van der Waals surface area contributed by atoms with E-state index in [1.54, 1.807) is 22.1 Å². The molecular weight excluding hydrogens is 352 g/mol. The topological polar surface area (TPSA) is 48.5 Å². The van der Waals surface area contributed by atoms with Crippen LogP contribution < -0.4 is 10.3 Å². The second-order valence-corrected chi connectivity index (χ2v) is 6.88. The van der Waals surface area contributed by atoms with Crippen LogP contribution in [0, 0.1) is 13.8 Å². The Kier molecular flexibility index (Phi) is 5.04. The Bertz CT molecular complexity index is 1050.